The SMILES string of the molecule is NC(=O)c1ccc(N2CCC3(CC2)OCCc2cn[nH]c23)nc1. The Hall–Kier alpha value is -2.41. The van der Waals surface area contributed by atoms with E-state index in [1.54, 1.807) is 6.07 Å². The summed E-state index contributed by atoms with van der Waals surface area (Å²) in [6.45, 7) is 2.45. The van der Waals surface area contributed by atoms with Crippen molar-refractivity contribution in [2.75, 3.05) is 24.6 Å². The Morgan fingerprint density at radius 3 is 2.83 bits per heavy atom. The quantitative estimate of drug-likeness (QED) is 0.861. The van der Waals surface area contributed by atoms with Gasteiger partial charge in [-0.3, -0.25) is 9.89 Å². The van der Waals surface area contributed by atoms with Crippen molar-refractivity contribution >= 4 is 11.7 Å². The monoisotopic (exact) mass is 313 g/mol. The molecule has 7 nitrogen and oxygen atoms in total. The topological polar surface area (TPSA) is 97.1 Å². The molecule has 0 bridgehead atoms. The first kappa shape index (κ1) is 14.2. The number of piperidine rings is 1. The predicted molar refractivity (Wildman–Crippen MR) is 84.1 cm³/mol. The molecule has 1 saturated heterocycles. The minimum absolute atomic E-state index is 0.242. The van der Waals surface area contributed by atoms with Gasteiger partial charge in [0.1, 0.15) is 11.4 Å². The normalized spacial score (nSPS) is 19.6. The van der Waals surface area contributed by atoms with Crippen LogP contribution in [0, 0.1) is 0 Å². The Bertz CT molecular complexity index is 716. The van der Waals surface area contributed by atoms with E-state index in [9.17, 15) is 4.79 Å². The number of aromatic nitrogens is 3. The Kier molecular flexibility index (Phi) is 3.30. The van der Waals surface area contributed by atoms with E-state index in [1.807, 2.05) is 12.3 Å². The zero-order valence-electron chi connectivity index (χ0n) is 12.8. The van der Waals surface area contributed by atoms with Crippen LogP contribution in [-0.2, 0) is 16.8 Å². The number of rotatable bonds is 2. The number of aromatic amines is 1. The Labute approximate surface area is 133 Å². The number of carbonyl (C=O) groups is 1. The molecule has 4 heterocycles. The third kappa shape index (κ3) is 2.37. The van der Waals surface area contributed by atoms with E-state index >= 15 is 0 Å². The highest BCUT2D eigenvalue weighted by Crippen LogP contribution is 2.40. The third-order valence-corrected chi connectivity index (χ3v) is 4.85. The zero-order valence-corrected chi connectivity index (χ0v) is 12.8. The number of hydrogen-bond acceptors (Lipinski definition) is 5. The number of fused-ring (bicyclic) bond motifs is 2. The van der Waals surface area contributed by atoms with Crippen molar-refractivity contribution in [2.45, 2.75) is 24.9 Å². The summed E-state index contributed by atoms with van der Waals surface area (Å²) in [4.78, 5) is 17.7. The Morgan fingerprint density at radius 1 is 1.30 bits per heavy atom. The number of nitrogens with one attached hydrogen (secondary N) is 1. The average Bonchev–Trinajstić information content (AvgIpc) is 3.06. The summed E-state index contributed by atoms with van der Waals surface area (Å²) >= 11 is 0. The highest BCUT2D eigenvalue weighted by Gasteiger charge is 2.42. The maximum absolute atomic E-state index is 11.1. The molecule has 120 valence electrons. The fourth-order valence-corrected chi connectivity index (χ4v) is 3.53. The van der Waals surface area contributed by atoms with Crippen molar-refractivity contribution in [1.82, 2.24) is 15.2 Å². The number of nitrogens with two attached hydrogens (primary N) is 1. The number of anilines is 1. The number of amides is 1. The van der Waals surface area contributed by atoms with E-state index in [0.717, 1.165) is 50.5 Å². The Morgan fingerprint density at radius 2 is 2.13 bits per heavy atom. The molecule has 0 unspecified atom stereocenters. The molecule has 23 heavy (non-hydrogen) atoms. The summed E-state index contributed by atoms with van der Waals surface area (Å²) in [5, 5.41) is 7.31. The van der Waals surface area contributed by atoms with E-state index in [2.05, 4.69) is 20.1 Å². The van der Waals surface area contributed by atoms with Gasteiger partial charge in [0, 0.05) is 19.3 Å². The number of hydrogen-bond donors (Lipinski definition) is 2. The fourth-order valence-electron chi connectivity index (χ4n) is 3.53. The van der Waals surface area contributed by atoms with Crippen molar-refractivity contribution in [3.63, 3.8) is 0 Å². The summed E-state index contributed by atoms with van der Waals surface area (Å²) in [5.74, 6) is 0.412. The highest BCUT2D eigenvalue weighted by atomic mass is 16.5. The molecule has 1 fully saturated rings. The molecule has 2 aliphatic heterocycles. The molecule has 3 N–H and O–H groups in total. The molecule has 1 amide bonds. The lowest BCUT2D eigenvalue weighted by Gasteiger charge is -2.43. The third-order valence-electron chi connectivity index (χ3n) is 4.85. The van der Waals surface area contributed by atoms with Gasteiger partial charge in [-0.25, -0.2) is 4.98 Å². The smallest absolute Gasteiger partial charge is 0.250 e. The molecule has 0 saturated carbocycles. The highest BCUT2D eigenvalue weighted by molar-refractivity contribution is 5.92. The van der Waals surface area contributed by atoms with E-state index in [0.29, 0.717) is 5.56 Å². The van der Waals surface area contributed by atoms with Crippen LogP contribution >= 0.6 is 0 Å². The number of pyridine rings is 1. The Balaban J connectivity index is 1.51. The van der Waals surface area contributed by atoms with Crippen molar-refractivity contribution in [3.05, 3.63) is 41.3 Å². The standard InChI is InChI=1S/C16H19N5O2/c17-15(22)12-1-2-13(18-9-12)21-6-4-16(5-7-21)14-11(3-8-23-16)10-19-20-14/h1-2,9-10H,3-8H2,(H2,17,22)(H,19,20). The van der Waals surface area contributed by atoms with Crippen LogP contribution in [0.4, 0.5) is 5.82 Å². The maximum Gasteiger partial charge on any atom is 0.250 e. The summed E-state index contributed by atoms with van der Waals surface area (Å²) in [6, 6.07) is 3.57. The number of H-pyrrole nitrogens is 1. The molecule has 0 radical (unpaired) electrons. The van der Waals surface area contributed by atoms with Crippen LogP contribution in [0.15, 0.2) is 24.5 Å². The number of primary amides is 1. The van der Waals surface area contributed by atoms with Gasteiger partial charge < -0.3 is 15.4 Å². The molecule has 0 aliphatic carbocycles. The second-order valence-electron chi connectivity index (χ2n) is 6.12. The first-order valence-corrected chi connectivity index (χ1v) is 7.85. The van der Waals surface area contributed by atoms with Gasteiger partial charge in [-0.05, 0) is 37.0 Å². The van der Waals surface area contributed by atoms with E-state index in [1.165, 1.54) is 11.8 Å². The minimum Gasteiger partial charge on any atom is -0.368 e. The molecule has 2 aliphatic rings. The van der Waals surface area contributed by atoms with E-state index in [-0.39, 0.29) is 5.60 Å². The summed E-state index contributed by atoms with van der Waals surface area (Å²) in [6.07, 6.45) is 6.15. The molecule has 0 atom stereocenters. The van der Waals surface area contributed by atoms with Crippen molar-refractivity contribution in [3.8, 4) is 0 Å². The second-order valence-corrected chi connectivity index (χ2v) is 6.12. The summed E-state index contributed by atoms with van der Waals surface area (Å²) in [5.41, 5.74) is 7.85. The lowest BCUT2D eigenvalue weighted by molar-refractivity contribution is -0.0796. The molecule has 4 rings (SSSR count). The fraction of sp³-hybridized carbons (Fsp3) is 0.438. The van der Waals surface area contributed by atoms with Crippen LogP contribution in [0.3, 0.4) is 0 Å². The second kappa shape index (κ2) is 5.34. The van der Waals surface area contributed by atoms with Crippen molar-refractivity contribution in [2.24, 2.45) is 5.73 Å². The largest absolute Gasteiger partial charge is 0.368 e. The van der Waals surface area contributed by atoms with Crippen LogP contribution < -0.4 is 10.6 Å². The molecule has 7 heteroatoms. The van der Waals surface area contributed by atoms with Crippen LogP contribution in [0.25, 0.3) is 0 Å². The molecular weight excluding hydrogens is 294 g/mol. The van der Waals surface area contributed by atoms with Crippen molar-refractivity contribution < 1.29 is 9.53 Å². The van der Waals surface area contributed by atoms with Crippen LogP contribution in [0.1, 0.15) is 34.5 Å². The van der Waals surface area contributed by atoms with Crippen LogP contribution in [0.5, 0.6) is 0 Å². The molecule has 0 aromatic carbocycles. The van der Waals surface area contributed by atoms with Gasteiger partial charge >= 0.3 is 0 Å². The van der Waals surface area contributed by atoms with Gasteiger partial charge in [-0.2, -0.15) is 5.10 Å². The molecule has 1 spiro atoms. The minimum atomic E-state index is -0.455. The van der Waals surface area contributed by atoms with Gasteiger partial charge in [0.15, 0.2) is 0 Å². The maximum atomic E-state index is 11.1. The average molecular weight is 313 g/mol. The van der Waals surface area contributed by atoms with Gasteiger partial charge in [0.2, 0.25) is 5.91 Å². The number of nitrogens with zero attached hydrogens (tertiary/aromatic N) is 3. The summed E-state index contributed by atoms with van der Waals surface area (Å²) < 4.78 is 6.15. The van der Waals surface area contributed by atoms with Gasteiger partial charge in [-0.1, -0.05) is 0 Å². The number of ether oxygens (including phenoxy) is 1. The molecule has 2 aromatic heterocycles. The zero-order chi connectivity index (χ0) is 15.9. The van der Waals surface area contributed by atoms with Crippen LogP contribution in [0.2, 0.25) is 0 Å². The lowest BCUT2D eigenvalue weighted by atomic mass is 9.84. The molecular formula is C16H19N5O2. The first-order chi connectivity index (χ1) is 11.2. The van der Waals surface area contributed by atoms with Crippen LogP contribution in [-0.4, -0.2) is 40.8 Å². The van der Waals surface area contributed by atoms with Gasteiger partial charge in [-0.15, -0.1) is 0 Å². The van der Waals surface area contributed by atoms with Gasteiger partial charge in [0.05, 0.1) is 24.1 Å². The predicted octanol–water partition coefficient (Wildman–Crippen LogP) is 0.972. The number of carbonyl (C=O) groups excluding carboxylic acids is 1. The summed E-state index contributed by atoms with van der Waals surface area (Å²) in [7, 11) is 0. The molecule has 2 aromatic rings. The van der Waals surface area contributed by atoms with Crippen molar-refractivity contribution in [1.29, 1.82) is 0 Å². The van der Waals surface area contributed by atoms with E-state index < -0.39 is 5.91 Å². The first-order valence-electron chi connectivity index (χ1n) is 7.85. The van der Waals surface area contributed by atoms with Gasteiger partial charge in [0.25, 0.3) is 0 Å². The lowest BCUT2D eigenvalue weighted by Crippen LogP contribution is -2.47. The van der Waals surface area contributed by atoms with E-state index in [4.69, 9.17) is 10.5 Å².